The van der Waals surface area contributed by atoms with Crippen LogP contribution in [0.25, 0.3) is 12.2 Å². The second-order valence-electron chi connectivity index (χ2n) is 9.90. The molecule has 2 aromatic carbocycles. The highest BCUT2D eigenvalue weighted by Gasteiger charge is 2.19. The van der Waals surface area contributed by atoms with Gasteiger partial charge in [0.25, 0.3) is 0 Å². The molecule has 1 unspecified atom stereocenters. The topological polar surface area (TPSA) is 154 Å². The van der Waals surface area contributed by atoms with E-state index in [2.05, 4.69) is 12.1 Å². The molecule has 0 aliphatic carbocycles. The zero-order valence-corrected chi connectivity index (χ0v) is 25.0. The van der Waals surface area contributed by atoms with E-state index in [4.69, 9.17) is 20.0 Å². The molecule has 0 radical (unpaired) electrons. The van der Waals surface area contributed by atoms with Gasteiger partial charge in [-0.05, 0) is 79.4 Å². The van der Waals surface area contributed by atoms with Gasteiger partial charge in [0.15, 0.2) is 0 Å². The molecule has 0 N–H and O–H groups in total. The number of nitrogens with zero attached hydrogens (tertiary/aromatic N) is 6. The van der Waals surface area contributed by atoms with E-state index in [1.807, 2.05) is 74.1 Å². The van der Waals surface area contributed by atoms with Crippen LogP contribution in [0.4, 0.5) is 11.4 Å². The van der Waals surface area contributed by atoms with Gasteiger partial charge in [0.1, 0.15) is 36.0 Å². The maximum absolute atomic E-state index is 12.7. The van der Waals surface area contributed by atoms with Gasteiger partial charge >= 0.3 is 11.9 Å². The number of esters is 2. The molecule has 0 saturated carbocycles. The number of carbonyl (C=O) groups excluding carboxylic acids is 2. The molecule has 0 aliphatic heterocycles. The Morgan fingerprint density at radius 3 is 1.63 bits per heavy atom. The van der Waals surface area contributed by atoms with Gasteiger partial charge in [0.2, 0.25) is 0 Å². The first-order valence-corrected chi connectivity index (χ1v) is 13.5. The zero-order valence-electron chi connectivity index (χ0n) is 25.0. The van der Waals surface area contributed by atoms with Crippen molar-refractivity contribution in [3.63, 3.8) is 0 Å². The van der Waals surface area contributed by atoms with Gasteiger partial charge in [-0.1, -0.05) is 12.1 Å². The maximum atomic E-state index is 12.7. The van der Waals surface area contributed by atoms with Gasteiger partial charge in [-0.15, -0.1) is 0 Å². The molecule has 220 valence electrons. The molecule has 0 aromatic heterocycles. The Balaban J connectivity index is 2.03. The second-order valence-corrected chi connectivity index (χ2v) is 9.90. The molecule has 1 atom stereocenters. The van der Waals surface area contributed by atoms with Crippen LogP contribution in [0.1, 0.15) is 42.0 Å². The summed E-state index contributed by atoms with van der Waals surface area (Å²) in [6.45, 7) is 6.04. The van der Waals surface area contributed by atoms with Gasteiger partial charge in [-0.25, -0.2) is 9.59 Å². The first-order valence-electron chi connectivity index (χ1n) is 13.5. The van der Waals surface area contributed by atoms with E-state index in [-0.39, 0.29) is 17.8 Å². The van der Waals surface area contributed by atoms with E-state index in [0.29, 0.717) is 37.1 Å². The van der Waals surface area contributed by atoms with Crippen molar-refractivity contribution < 1.29 is 19.1 Å². The highest BCUT2D eigenvalue weighted by atomic mass is 16.6. The van der Waals surface area contributed by atoms with Crippen molar-refractivity contribution in [1.29, 1.82) is 21.0 Å². The van der Waals surface area contributed by atoms with Crippen molar-refractivity contribution in [2.45, 2.75) is 39.7 Å². The summed E-state index contributed by atoms with van der Waals surface area (Å²) in [6, 6.07) is 19.0. The van der Waals surface area contributed by atoms with Gasteiger partial charge < -0.3 is 19.3 Å². The van der Waals surface area contributed by atoms with Crippen molar-refractivity contribution >= 4 is 35.5 Å². The lowest BCUT2D eigenvalue weighted by atomic mass is 10.0. The number of anilines is 2. The summed E-state index contributed by atoms with van der Waals surface area (Å²) in [5.41, 5.74) is 4.34. The number of hydrogen-bond acceptors (Lipinski definition) is 10. The third-order valence-electron chi connectivity index (χ3n) is 6.54. The Morgan fingerprint density at radius 1 is 0.791 bits per heavy atom. The minimum atomic E-state index is -0.879. The van der Waals surface area contributed by atoms with E-state index < -0.39 is 18.0 Å². The first-order chi connectivity index (χ1) is 20.5. The van der Waals surface area contributed by atoms with Crippen LogP contribution in [0, 0.1) is 59.2 Å². The van der Waals surface area contributed by atoms with E-state index in [0.717, 1.165) is 22.5 Å². The Morgan fingerprint density at radius 2 is 1.23 bits per heavy atom. The normalized spacial score (nSPS) is 11.7. The molecule has 43 heavy (non-hydrogen) atoms. The van der Waals surface area contributed by atoms with Crippen LogP contribution < -0.4 is 9.80 Å². The fourth-order valence-electron chi connectivity index (χ4n) is 3.95. The molecular weight excluding hydrogens is 544 g/mol. The molecule has 2 aromatic rings. The van der Waals surface area contributed by atoms with Crippen LogP contribution in [0.3, 0.4) is 0 Å². The maximum Gasteiger partial charge on any atom is 0.349 e. The Bertz CT molecular complexity index is 1570. The van der Waals surface area contributed by atoms with Crippen molar-refractivity contribution in [2.75, 3.05) is 43.6 Å². The third kappa shape index (κ3) is 10.1. The lowest BCUT2D eigenvalue weighted by Gasteiger charge is -2.19. The minimum absolute atomic E-state index is 0.220. The van der Waals surface area contributed by atoms with Gasteiger partial charge in [0, 0.05) is 38.6 Å². The lowest BCUT2D eigenvalue weighted by molar-refractivity contribution is -0.152. The van der Waals surface area contributed by atoms with Crippen LogP contribution in [0.2, 0.25) is 0 Å². The van der Waals surface area contributed by atoms with E-state index >= 15 is 0 Å². The SMILES string of the molecule is Cc1cc(N(C)CCC#N)ccc1/C=C(\C#N)C(=O)OCC(C)OC(=O)/C(C#N)=C/c1ccc(N(C)CCC#N)cc1C. The Labute approximate surface area is 252 Å². The standard InChI is InChI=1S/C33H34N6O4/c1-23-16-30(38(4)14-6-12-34)10-8-26(23)18-28(20-36)32(40)42-22-25(3)43-33(41)29(21-37)19-27-9-11-31(17-24(27)2)39(5)15-7-13-35/h8-11,16-19,25H,6-7,14-15,22H2,1-5H3/b28-18+,29-19+. The minimum Gasteiger partial charge on any atom is -0.458 e. The summed E-state index contributed by atoms with van der Waals surface area (Å²) >= 11 is 0. The smallest absolute Gasteiger partial charge is 0.349 e. The van der Waals surface area contributed by atoms with Crippen LogP contribution >= 0.6 is 0 Å². The van der Waals surface area contributed by atoms with Crippen LogP contribution in [-0.2, 0) is 19.1 Å². The number of aryl methyl sites for hydroxylation is 2. The Kier molecular flexibility index (Phi) is 13.0. The molecule has 10 nitrogen and oxygen atoms in total. The fraction of sp³-hybridized carbons (Fsp3) is 0.333. The number of benzene rings is 2. The van der Waals surface area contributed by atoms with E-state index in [1.165, 1.54) is 19.1 Å². The largest absolute Gasteiger partial charge is 0.458 e. The summed E-state index contributed by atoms with van der Waals surface area (Å²) in [5.74, 6) is -1.74. The lowest BCUT2D eigenvalue weighted by Crippen LogP contribution is -2.23. The summed E-state index contributed by atoms with van der Waals surface area (Å²) in [7, 11) is 3.75. The number of rotatable bonds is 13. The van der Waals surface area contributed by atoms with Crippen molar-refractivity contribution in [3.8, 4) is 24.3 Å². The summed E-state index contributed by atoms with van der Waals surface area (Å²) in [5, 5.41) is 36.7. The fourth-order valence-corrected chi connectivity index (χ4v) is 3.95. The molecule has 0 bridgehead atoms. The summed E-state index contributed by atoms with van der Waals surface area (Å²) < 4.78 is 10.5. The molecule has 10 heteroatoms. The Hall–Kier alpha value is -5.58. The van der Waals surface area contributed by atoms with Crippen molar-refractivity contribution in [2.24, 2.45) is 0 Å². The number of nitriles is 4. The summed E-state index contributed by atoms with van der Waals surface area (Å²) in [4.78, 5) is 29.1. The van der Waals surface area contributed by atoms with Gasteiger partial charge in [-0.2, -0.15) is 21.0 Å². The monoisotopic (exact) mass is 578 g/mol. The summed E-state index contributed by atoms with van der Waals surface area (Å²) in [6.07, 6.45) is 2.76. The predicted molar refractivity (Wildman–Crippen MR) is 163 cm³/mol. The highest BCUT2D eigenvalue weighted by Crippen LogP contribution is 2.22. The molecule has 2 rings (SSSR count). The van der Waals surface area contributed by atoms with E-state index in [1.54, 1.807) is 12.1 Å². The quantitative estimate of drug-likeness (QED) is 0.180. The predicted octanol–water partition coefficient (Wildman–Crippen LogP) is 4.99. The average Bonchev–Trinajstić information content (AvgIpc) is 2.99. The van der Waals surface area contributed by atoms with E-state index in [9.17, 15) is 20.1 Å². The zero-order chi connectivity index (χ0) is 31.9. The molecule has 0 aliphatic rings. The highest BCUT2D eigenvalue weighted by molar-refractivity contribution is 5.99. The molecule has 0 saturated heterocycles. The second kappa shape index (κ2) is 16.6. The molecule has 0 spiro atoms. The number of hydrogen-bond donors (Lipinski definition) is 0. The average molecular weight is 579 g/mol. The van der Waals surface area contributed by atoms with Crippen molar-refractivity contribution in [1.82, 2.24) is 0 Å². The molecule has 0 amide bonds. The van der Waals surface area contributed by atoms with Gasteiger partial charge in [0.05, 0.1) is 25.0 Å². The molecule has 0 fully saturated rings. The number of carbonyl (C=O) groups is 2. The van der Waals surface area contributed by atoms with Gasteiger partial charge in [-0.3, -0.25) is 0 Å². The first kappa shape index (κ1) is 33.6. The molecule has 0 heterocycles. The van der Waals surface area contributed by atoms with Crippen LogP contribution in [0.15, 0.2) is 47.5 Å². The van der Waals surface area contributed by atoms with Crippen LogP contribution in [0.5, 0.6) is 0 Å². The third-order valence-corrected chi connectivity index (χ3v) is 6.54. The molecular formula is C33H34N6O4. The van der Waals surface area contributed by atoms with Crippen molar-refractivity contribution in [3.05, 3.63) is 69.8 Å². The van der Waals surface area contributed by atoms with Crippen LogP contribution in [-0.4, -0.2) is 51.8 Å². The number of ether oxygens (including phenoxy) is 2.